The molecule has 28 heavy (non-hydrogen) atoms. The van der Waals surface area contributed by atoms with Crippen LogP contribution < -0.4 is 10.0 Å². The van der Waals surface area contributed by atoms with E-state index in [0.717, 1.165) is 6.26 Å². The summed E-state index contributed by atoms with van der Waals surface area (Å²) in [6.07, 6.45) is -0.587. The van der Waals surface area contributed by atoms with E-state index >= 15 is 0 Å². The minimum absolute atomic E-state index is 0.0290. The van der Waals surface area contributed by atoms with E-state index in [1.807, 2.05) is 0 Å². The van der Waals surface area contributed by atoms with Crippen molar-refractivity contribution in [2.24, 2.45) is 15.0 Å². The Morgan fingerprint density at radius 3 is 2.29 bits per heavy atom. The fraction of sp³-hybridized carbons (Fsp3) is 0.167. The number of alkyl halides is 1. The second kappa shape index (κ2) is 9.18. The maximum Gasteiger partial charge on any atom is 0.251 e. The molecule has 1 atom stereocenters. The summed E-state index contributed by atoms with van der Waals surface area (Å²) >= 11 is 0. The number of amidine groups is 1. The number of hydrogen-bond acceptors (Lipinski definition) is 3. The van der Waals surface area contributed by atoms with E-state index in [2.05, 4.69) is 31.7 Å². The van der Waals surface area contributed by atoms with Crippen molar-refractivity contribution in [3.63, 3.8) is 0 Å². The third-order valence-corrected chi connectivity index (χ3v) is 3.89. The largest absolute Gasteiger partial charge is 0.339 e. The minimum Gasteiger partial charge on any atom is -0.339 e. The number of rotatable bonds is 5. The van der Waals surface area contributed by atoms with Crippen LogP contribution in [0.3, 0.4) is 0 Å². The third-order valence-electron chi connectivity index (χ3n) is 3.30. The number of hydrogen-bond donors (Lipinski definition) is 2. The topological polar surface area (TPSA) is 95.3 Å². The lowest BCUT2D eigenvalue weighted by molar-refractivity contribution is 0.454. The van der Waals surface area contributed by atoms with Crippen LogP contribution in [-0.2, 0) is 10.0 Å². The molecule has 0 aliphatic heterocycles. The molecule has 0 spiro atoms. The predicted octanol–water partition coefficient (Wildman–Crippen LogP) is 3.75. The Morgan fingerprint density at radius 2 is 1.71 bits per heavy atom. The molecule has 2 aromatic rings. The van der Waals surface area contributed by atoms with E-state index in [1.54, 1.807) is 24.3 Å². The van der Waals surface area contributed by atoms with Gasteiger partial charge in [0.15, 0.2) is 6.17 Å². The Morgan fingerprint density at radius 1 is 1.11 bits per heavy atom. The maximum atomic E-state index is 14.1. The van der Waals surface area contributed by atoms with Crippen molar-refractivity contribution >= 4 is 45.6 Å². The van der Waals surface area contributed by atoms with E-state index in [9.17, 15) is 17.2 Å². The van der Waals surface area contributed by atoms with Crippen molar-refractivity contribution < 1.29 is 17.2 Å². The SMILES string of the molecule is C=NC(=Nc1ccccc1F)N=C(Nc1ccccc1NS(C)(=O)=O)C(C)F. The molecular formula is C18H19F2N5O2S. The highest BCUT2D eigenvalue weighted by atomic mass is 32.2. The fourth-order valence-corrected chi connectivity index (χ4v) is 2.67. The summed E-state index contributed by atoms with van der Waals surface area (Å²) < 4.78 is 53.2. The highest BCUT2D eigenvalue weighted by Gasteiger charge is 2.14. The van der Waals surface area contributed by atoms with E-state index in [0.29, 0.717) is 0 Å². The van der Waals surface area contributed by atoms with Crippen LogP contribution in [0.5, 0.6) is 0 Å². The van der Waals surface area contributed by atoms with Crippen LogP contribution in [0.25, 0.3) is 0 Å². The standard InChI is InChI=1S/C18H19F2N5O2S/c1-12(19)17(22-15-10-6-7-11-16(15)25-28(3,26)27)24-18(21-2)23-14-9-5-4-8-13(14)20/h4-12,25H,2H2,1,3H3,(H,22,23,24). The molecular weight excluding hydrogens is 388 g/mol. The lowest BCUT2D eigenvalue weighted by atomic mass is 10.2. The van der Waals surface area contributed by atoms with Gasteiger partial charge in [-0.3, -0.25) is 4.72 Å². The molecule has 0 bridgehead atoms. The minimum atomic E-state index is -3.55. The van der Waals surface area contributed by atoms with E-state index < -0.39 is 22.0 Å². The molecule has 0 aromatic heterocycles. The highest BCUT2D eigenvalue weighted by Crippen LogP contribution is 2.23. The van der Waals surface area contributed by atoms with Gasteiger partial charge in [-0.1, -0.05) is 24.3 Å². The van der Waals surface area contributed by atoms with Crippen LogP contribution in [0.4, 0.5) is 25.8 Å². The Bertz CT molecular complexity index is 1020. The van der Waals surface area contributed by atoms with Crippen LogP contribution in [0, 0.1) is 5.82 Å². The first-order chi connectivity index (χ1) is 13.2. The fourth-order valence-electron chi connectivity index (χ4n) is 2.09. The van der Waals surface area contributed by atoms with Crippen molar-refractivity contribution in [3.05, 3.63) is 54.3 Å². The van der Waals surface area contributed by atoms with Gasteiger partial charge < -0.3 is 5.32 Å². The van der Waals surface area contributed by atoms with Gasteiger partial charge in [0.05, 0.1) is 17.6 Å². The lowest BCUT2D eigenvalue weighted by Gasteiger charge is -2.15. The first-order valence-corrected chi connectivity index (χ1v) is 9.95. The summed E-state index contributed by atoms with van der Waals surface area (Å²) in [4.78, 5) is 11.5. The zero-order valence-corrected chi connectivity index (χ0v) is 16.0. The molecule has 148 valence electrons. The average Bonchev–Trinajstić information content (AvgIpc) is 2.62. The van der Waals surface area contributed by atoms with Crippen molar-refractivity contribution in [1.82, 2.24) is 0 Å². The van der Waals surface area contributed by atoms with Crippen molar-refractivity contribution in [2.75, 3.05) is 16.3 Å². The molecule has 2 aromatic carbocycles. The number of nitrogens with one attached hydrogen (secondary N) is 2. The highest BCUT2D eigenvalue weighted by molar-refractivity contribution is 7.92. The second-order valence-corrected chi connectivity index (χ2v) is 7.43. The molecule has 10 heteroatoms. The third kappa shape index (κ3) is 6.23. The first kappa shape index (κ1) is 21.2. The molecule has 0 heterocycles. The number of aliphatic imine (C=N–C) groups is 3. The summed E-state index contributed by atoms with van der Waals surface area (Å²) in [5, 5.41) is 2.72. The molecule has 0 fully saturated rings. The molecule has 0 saturated carbocycles. The summed E-state index contributed by atoms with van der Waals surface area (Å²) in [5.41, 5.74) is 0.446. The average molecular weight is 407 g/mol. The van der Waals surface area contributed by atoms with E-state index in [4.69, 9.17) is 0 Å². The molecule has 7 nitrogen and oxygen atoms in total. The zero-order valence-electron chi connectivity index (χ0n) is 15.2. The summed E-state index contributed by atoms with van der Waals surface area (Å²) in [7, 11) is -3.55. The molecule has 0 aliphatic carbocycles. The van der Waals surface area contributed by atoms with Gasteiger partial charge in [0.1, 0.15) is 17.3 Å². The Labute approximate surface area is 162 Å². The number of anilines is 2. The van der Waals surface area contributed by atoms with Gasteiger partial charge >= 0.3 is 0 Å². The van der Waals surface area contributed by atoms with E-state index in [1.165, 1.54) is 31.2 Å². The molecule has 0 amide bonds. The maximum absolute atomic E-state index is 14.1. The molecule has 0 saturated heterocycles. The summed E-state index contributed by atoms with van der Waals surface area (Å²) in [5.74, 6) is -1.06. The monoisotopic (exact) mass is 407 g/mol. The van der Waals surface area contributed by atoms with Crippen molar-refractivity contribution in [2.45, 2.75) is 13.1 Å². The van der Waals surface area contributed by atoms with Gasteiger partial charge in [-0.2, -0.15) is 4.99 Å². The van der Waals surface area contributed by atoms with Crippen LogP contribution >= 0.6 is 0 Å². The number of para-hydroxylation sites is 3. The van der Waals surface area contributed by atoms with Gasteiger partial charge in [0.25, 0.3) is 5.96 Å². The normalized spacial score (nSPS) is 13.7. The molecule has 2 N–H and O–H groups in total. The van der Waals surface area contributed by atoms with Crippen LogP contribution in [-0.4, -0.2) is 39.4 Å². The smallest absolute Gasteiger partial charge is 0.251 e. The number of halogens is 2. The molecule has 1 unspecified atom stereocenters. The molecule has 0 aliphatic rings. The zero-order chi connectivity index (χ0) is 20.7. The summed E-state index contributed by atoms with van der Waals surface area (Å²) in [6.45, 7) is 4.54. The Kier molecular flexibility index (Phi) is 6.94. The number of benzene rings is 2. The first-order valence-electron chi connectivity index (χ1n) is 8.06. The van der Waals surface area contributed by atoms with Crippen LogP contribution in [0.1, 0.15) is 6.92 Å². The van der Waals surface area contributed by atoms with Crippen LogP contribution in [0.2, 0.25) is 0 Å². The lowest BCUT2D eigenvalue weighted by Crippen LogP contribution is -2.24. The number of guanidine groups is 1. The number of nitrogens with zero attached hydrogens (tertiary/aromatic N) is 3. The van der Waals surface area contributed by atoms with Gasteiger partial charge in [-0.25, -0.2) is 27.2 Å². The molecule has 0 radical (unpaired) electrons. The quantitative estimate of drug-likeness (QED) is 0.584. The Hall–Kier alpha value is -3.14. The summed E-state index contributed by atoms with van der Waals surface area (Å²) in [6, 6.07) is 12.0. The Balaban J connectivity index is 2.41. The van der Waals surface area contributed by atoms with Crippen molar-refractivity contribution in [3.8, 4) is 0 Å². The van der Waals surface area contributed by atoms with Crippen molar-refractivity contribution in [1.29, 1.82) is 0 Å². The van der Waals surface area contributed by atoms with Gasteiger partial charge in [0.2, 0.25) is 10.0 Å². The van der Waals surface area contributed by atoms with E-state index in [-0.39, 0.29) is 28.9 Å². The van der Waals surface area contributed by atoms with Gasteiger partial charge in [0, 0.05) is 0 Å². The van der Waals surface area contributed by atoms with Gasteiger partial charge in [-0.05, 0) is 37.9 Å². The number of sulfonamides is 1. The second-order valence-electron chi connectivity index (χ2n) is 5.68. The predicted molar refractivity (Wildman–Crippen MR) is 110 cm³/mol. The van der Waals surface area contributed by atoms with Gasteiger partial charge in [-0.15, -0.1) is 0 Å². The van der Waals surface area contributed by atoms with Crippen LogP contribution in [0.15, 0.2) is 63.5 Å². The molecule has 2 rings (SSSR count).